The van der Waals surface area contributed by atoms with Gasteiger partial charge in [-0.25, -0.2) is 8.42 Å². The summed E-state index contributed by atoms with van der Waals surface area (Å²) in [6.45, 7) is 0.221. The first-order valence-corrected chi connectivity index (χ1v) is 10.2. The van der Waals surface area contributed by atoms with Crippen LogP contribution in [0.5, 0.6) is 0 Å². The highest BCUT2D eigenvalue weighted by Gasteiger charge is 2.40. The molecule has 2 aromatic carbocycles. The molecule has 0 spiro atoms. The monoisotopic (exact) mass is 391 g/mol. The number of amides is 2. The van der Waals surface area contributed by atoms with Crippen molar-refractivity contribution in [2.45, 2.75) is 29.4 Å². The number of carbonyl (C=O) groups is 2. The van der Waals surface area contributed by atoms with Crippen molar-refractivity contribution in [1.82, 2.24) is 4.90 Å². The van der Waals surface area contributed by atoms with E-state index < -0.39 is 26.9 Å². The number of likely N-dealkylation sites (tertiary alicyclic amines) is 1. The van der Waals surface area contributed by atoms with Gasteiger partial charge in [0.15, 0.2) is 9.84 Å². The summed E-state index contributed by atoms with van der Waals surface area (Å²) in [4.78, 5) is 26.8. The van der Waals surface area contributed by atoms with E-state index in [2.05, 4.69) is 0 Å². The topological polar surface area (TPSA) is 71.5 Å². The third-order valence-corrected chi connectivity index (χ3v) is 6.79. The summed E-state index contributed by atoms with van der Waals surface area (Å²) in [6, 6.07) is 14.1. The van der Waals surface area contributed by atoms with E-state index in [-0.39, 0.29) is 17.9 Å². The van der Waals surface area contributed by atoms with Crippen LogP contribution in [0, 0.1) is 0 Å². The van der Waals surface area contributed by atoms with Crippen molar-refractivity contribution in [3.05, 3.63) is 65.2 Å². The number of halogens is 1. The largest absolute Gasteiger partial charge is 0.277 e. The number of benzene rings is 2. The Labute approximate surface area is 157 Å². The fourth-order valence-corrected chi connectivity index (χ4v) is 4.86. The third kappa shape index (κ3) is 3.66. The van der Waals surface area contributed by atoms with Gasteiger partial charge in [-0.1, -0.05) is 29.8 Å². The molecule has 1 fully saturated rings. The number of hydrogen-bond acceptors (Lipinski definition) is 4. The molecule has 0 unspecified atom stereocenters. The Morgan fingerprint density at radius 3 is 2.31 bits per heavy atom. The van der Waals surface area contributed by atoms with Crippen molar-refractivity contribution < 1.29 is 18.0 Å². The van der Waals surface area contributed by atoms with E-state index in [4.69, 9.17) is 11.6 Å². The lowest BCUT2D eigenvalue weighted by Gasteiger charge is -2.23. The molecule has 1 aliphatic rings. The highest BCUT2D eigenvalue weighted by molar-refractivity contribution is 7.92. The van der Waals surface area contributed by atoms with Gasteiger partial charge in [0.2, 0.25) is 5.91 Å². The molecule has 2 amide bonds. The van der Waals surface area contributed by atoms with Crippen LogP contribution < -0.4 is 0 Å². The Balaban J connectivity index is 1.93. The summed E-state index contributed by atoms with van der Waals surface area (Å²) in [7, 11) is -3.90. The van der Waals surface area contributed by atoms with Crippen LogP contribution >= 0.6 is 11.6 Å². The van der Waals surface area contributed by atoms with Crippen LogP contribution in [0.1, 0.15) is 29.6 Å². The number of carbonyl (C=O) groups excluding carboxylic acids is 2. The minimum absolute atomic E-state index is 0.0364. The van der Waals surface area contributed by atoms with Crippen molar-refractivity contribution in [2.24, 2.45) is 0 Å². The second-order valence-corrected chi connectivity index (χ2v) is 8.71. The number of sulfone groups is 1. The fourth-order valence-electron chi connectivity index (χ4n) is 3.02. The van der Waals surface area contributed by atoms with Crippen molar-refractivity contribution in [2.75, 3.05) is 6.54 Å². The Hall–Kier alpha value is -2.18. The predicted octanol–water partition coefficient (Wildman–Crippen LogP) is 3.34. The maximum Gasteiger partial charge on any atom is 0.260 e. The highest BCUT2D eigenvalue weighted by atomic mass is 35.5. The Morgan fingerprint density at radius 2 is 1.65 bits per heavy atom. The van der Waals surface area contributed by atoms with Crippen LogP contribution in [0.25, 0.3) is 0 Å². The van der Waals surface area contributed by atoms with Crippen molar-refractivity contribution in [3.63, 3.8) is 0 Å². The Kier molecular flexibility index (Phi) is 5.44. The second kappa shape index (κ2) is 7.60. The van der Waals surface area contributed by atoms with E-state index >= 15 is 0 Å². The molecule has 0 N–H and O–H groups in total. The zero-order chi connectivity index (χ0) is 18.7. The lowest BCUT2D eigenvalue weighted by atomic mass is 10.2. The third-order valence-electron chi connectivity index (χ3n) is 4.42. The molecule has 136 valence electrons. The Morgan fingerprint density at radius 1 is 1.00 bits per heavy atom. The van der Waals surface area contributed by atoms with E-state index in [1.807, 2.05) is 0 Å². The standard InChI is InChI=1S/C19H18ClNO4S/c20-15-9-11-16(12-10-15)26(24,25)17-8-4-5-13-21(19(17)23)18(22)14-6-2-1-3-7-14/h1-3,6-7,9-12,17H,4-5,8,13H2/t17-/m0/s1. The summed E-state index contributed by atoms with van der Waals surface area (Å²) in [6.07, 6.45) is 1.33. The zero-order valence-corrected chi connectivity index (χ0v) is 15.5. The maximum atomic E-state index is 13.0. The first-order valence-electron chi connectivity index (χ1n) is 8.31. The molecule has 5 nitrogen and oxygen atoms in total. The molecule has 0 saturated carbocycles. The minimum Gasteiger partial charge on any atom is -0.277 e. The van der Waals surface area contributed by atoms with Crippen molar-refractivity contribution in [3.8, 4) is 0 Å². The van der Waals surface area contributed by atoms with Gasteiger partial charge in [0.1, 0.15) is 5.25 Å². The van der Waals surface area contributed by atoms with Crippen LogP contribution in [0.4, 0.5) is 0 Å². The van der Waals surface area contributed by atoms with Gasteiger partial charge in [-0.2, -0.15) is 0 Å². The molecule has 2 aromatic rings. The molecule has 1 atom stereocenters. The van der Waals surface area contributed by atoms with Gasteiger partial charge >= 0.3 is 0 Å². The smallest absolute Gasteiger partial charge is 0.260 e. The fraction of sp³-hybridized carbons (Fsp3) is 0.263. The molecule has 0 aromatic heterocycles. The molecule has 1 saturated heterocycles. The molecule has 0 bridgehead atoms. The number of nitrogens with zero attached hydrogens (tertiary/aromatic N) is 1. The summed E-state index contributed by atoms with van der Waals surface area (Å²) in [5.74, 6) is -1.12. The van der Waals surface area contributed by atoms with Gasteiger partial charge < -0.3 is 0 Å². The van der Waals surface area contributed by atoms with Crippen molar-refractivity contribution >= 4 is 33.3 Å². The second-order valence-electron chi connectivity index (χ2n) is 6.14. The lowest BCUT2D eigenvalue weighted by molar-refractivity contribution is -0.127. The first kappa shape index (κ1) is 18.6. The highest BCUT2D eigenvalue weighted by Crippen LogP contribution is 2.26. The van der Waals surface area contributed by atoms with Crippen LogP contribution in [0.15, 0.2) is 59.5 Å². The molecule has 0 radical (unpaired) electrons. The van der Waals surface area contributed by atoms with Gasteiger partial charge in [-0.3, -0.25) is 14.5 Å². The number of rotatable bonds is 3. The predicted molar refractivity (Wildman–Crippen MR) is 98.8 cm³/mol. The van der Waals surface area contributed by atoms with Crippen LogP contribution in [-0.2, 0) is 14.6 Å². The van der Waals surface area contributed by atoms with Crippen molar-refractivity contribution in [1.29, 1.82) is 0 Å². The van der Waals surface area contributed by atoms with Crippen LogP contribution in [-0.4, -0.2) is 36.9 Å². The molecule has 26 heavy (non-hydrogen) atoms. The van der Waals surface area contributed by atoms with E-state index in [0.29, 0.717) is 23.4 Å². The molecule has 1 heterocycles. The quantitative estimate of drug-likeness (QED) is 0.752. The molecule has 1 aliphatic heterocycles. The molecular formula is C19H18ClNO4S. The maximum absolute atomic E-state index is 13.0. The zero-order valence-electron chi connectivity index (χ0n) is 14.0. The normalized spacial score (nSPS) is 18.4. The van der Waals surface area contributed by atoms with Crippen LogP contribution in [0.3, 0.4) is 0 Å². The van der Waals surface area contributed by atoms with E-state index in [1.54, 1.807) is 30.3 Å². The van der Waals surface area contributed by atoms with Gasteiger partial charge in [0.05, 0.1) is 4.90 Å². The van der Waals surface area contributed by atoms with E-state index in [9.17, 15) is 18.0 Å². The Bertz CT molecular complexity index is 910. The molecule has 3 rings (SSSR count). The first-order chi connectivity index (χ1) is 12.4. The lowest BCUT2D eigenvalue weighted by Crippen LogP contribution is -2.45. The van der Waals surface area contributed by atoms with Gasteiger partial charge in [-0.15, -0.1) is 0 Å². The average molecular weight is 392 g/mol. The summed E-state index contributed by atoms with van der Waals surface area (Å²) < 4.78 is 25.9. The molecule has 0 aliphatic carbocycles. The molecular weight excluding hydrogens is 374 g/mol. The van der Waals surface area contributed by atoms with Gasteiger partial charge in [0, 0.05) is 17.1 Å². The van der Waals surface area contributed by atoms with E-state index in [0.717, 1.165) is 4.90 Å². The SMILES string of the molecule is O=C(c1ccccc1)N1CCCC[C@H](S(=O)(=O)c2ccc(Cl)cc2)C1=O. The van der Waals surface area contributed by atoms with Crippen LogP contribution in [0.2, 0.25) is 5.02 Å². The van der Waals surface area contributed by atoms with Gasteiger partial charge in [-0.05, 0) is 55.7 Å². The molecule has 7 heteroatoms. The summed E-state index contributed by atoms with van der Waals surface area (Å²) >= 11 is 5.82. The number of hydrogen-bond donors (Lipinski definition) is 0. The number of imide groups is 1. The minimum atomic E-state index is -3.90. The van der Waals surface area contributed by atoms with E-state index in [1.165, 1.54) is 24.3 Å². The summed E-state index contributed by atoms with van der Waals surface area (Å²) in [5, 5.41) is -0.851. The summed E-state index contributed by atoms with van der Waals surface area (Å²) in [5.41, 5.74) is 0.366. The average Bonchev–Trinajstić information content (AvgIpc) is 2.84. The van der Waals surface area contributed by atoms with Gasteiger partial charge in [0.25, 0.3) is 5.91 Å².